The molecule has 3 aromatic rings. The van der Waals surface area contributed by atoms with Crippen LogP contribution < -0.4 is 14.4 Å². The van der Waals surface area contributed by atoms with Gasteiger partial charge in [0.1, 0.15) is 11.5 Å². The van der Waals surface area contributed by atoms with Crippen LogP contribution in [0, 0.1) is 0 Å². The van der Waals surface area contributed by atoms with Gasteiger partial charge in [-0.3, -0.25) is 9.59 Å². The summed E-state index contributed by atoms with van der Waals surface area (Å²) in [6.07, 6.45) is -0.0594. The van der Waals surface area contributed by atoms with E-state index in [1.807, 2.05) is 30.3 Å². The highest BCUT2D eigenvalue weighted by Gasteiger charge is 2.36. The number of nitrogens with one attached hydrogen (secondary N) is 1. The van der Waals surface area contributed by atoms with Gasteiger partial charge in [0, 0.05) is 17.7 Å². The Morgan fingerprint density at radius 3 is 2.27 bits per heavy atom. The molecule has 8 heteroatoms. The number of carbonyl (C=O) groups excluding carboxylic acids is 2. The number of amides is 2. The zero-order chi connectivity index (χ0) is 21.1. The van der Waals surface area contributed by atoms with Crippen LogP contribution in [0.1, 0.15) is 16.8 Å². The lowest BCUT2D eigenvalue weighted by molar-refractivity contribution is -0.116. The summed E-state index contributed by atoms with van der Waals surface area (Å²) in [7, 11) is -3.68. The first-order chi connectivity index (χ1) is 14.4. The Morgan fingerprint density at radius 1 is 0.900 bits per heavy atom. The minimum Gasteiger partial charge on any atom is -0.457 e. The summed E-state index contributed by atoms with van der Waals surface area (Å²) in [5.74, 6) is 0.190. The quantitative estimate of drug-likeness (QED) is 0.675. The van der Waals surface area contributed by atoms with E-state index in [0.29, 0.717) is 17.2 Å². The van der Waals surface area contributed by atoms with Crippen molar-refractivity contribution < 1.29 is 22.7 Å². The minimum absolute atomic E-state index is 0.0594. The van der Waals surface area contributed by atoms with Gasteiger partial charge >= 0.3 is 0 Å². The van der Waals surface area contributed by atoms with Crippen LogP contribution in [0.4, 0.5) is 11.4 Å². The number of anilines is 2. The molecular weight excluding hydrogens is 404 g/mol. The molecule has 1 fully saturated rings. The monoisotopic (exact) mass is 422 g/mol. The van der Waals surface area contributed by atoms with Crippen LogP contribution in [0.25, 0.3) is 0 Å². The van der Waals surface area contributed by atoms with Gasteiger partial charge in [0.05, 0.1) is 11.4 Å². The zero-order valence-corrected chi connectivity index (χ0v) is 16.6. The standard InChI is InChI=1S/C22H18N2O5S/c25-21-13-14-30(27,28)24(21)18-6-4-5-16(15-18)22(26)23-17-9-11-20(12-10-17)29-19-7-2-1-3-8-19/h1-12,15H,13-14H2,(H,23,26). The summed E-state index contributed by atoms with van der Waals surface area (Å²) >= 11 is 0. The summed E-state index contributed by atoms with van der Waals surface area (Å²) in [4.78, 5) is 24.6. The zero-order valence-electron chi connectivity index (χ0n) is 15.8. The van der Waals surface area contributed by atoms with Gasteiger partial charge in [-0.15, -0.1) is 0 Å². The molecule has 0 bridgehead atoms. The van der Waals surface area contributed by atoms with E-state index < -0.39 is 21.8 Å². The van der Waals surface area contributed by atoms with Crippen molar-refractivity contribution >= 4 is 33.2 Å². The maximum absolute atomic E-state index is 12.6. The van der Waals surface area contributed by atoms with E-state index in [1.54, 1.807) is 36.4 Å². The molecule has 1 heterocycles. The van der Waals surface area contributed by atoms with Gasteiger partial charge in [0.25, 0.3) is 5.91 Å². The van der Waals surface area contributed by atoms with Crippen LogP contribution in [0.2, 0.25) is 0 Å². The molecule has 0 saturated carbocycles. The van der Waals surface area contributed by atoms with Crippen LogP contribution in [0.3, 0.4) is 0 Å². The number of carbonyl (C=O) groups is 2. The number of hydrogen-bond donors (Lipinski definition) is 1. The third-order valence-electron chi connectivity index (χ3n) is 4.51. The van der Waals surface area contributed by atoms with E-state index in [-0.39, 0.29) is 23.4 Å². The molecule has 0 spiro atoms. The van der Waals surface area contributed by atoms with Gasteiger partial charge in [-0.2, -0.15) is 0 Å². The number of para-hydroxylation sites is 1. The Balaban J connectivity index is 1.47. The van der Waals surface area contributed by atoms with E-state index in [2.05, 4.69) is 5.32 Å². The average Bonchev–Trinajstić information content (AvgIpc) is 3.02. The van der Waals surface area contributed by atoms with Crippen molar-refractivity contribution in [3.8, 4) is 11.5 Å². The Hall–Kier alpha value is -3.65. The molecule has 152 valence electrons. The Labute approximate surface area is 174 Å². The van der Waals surface area contributed by atoms with Crippen molar-refractivity contribution in [2.75, 3.05) is 15.4 Å². The van der Waals surface area contributed by atoms with Gasteiger partial charge in [-0.1, -0.05) is 24.3 Å². The summed E-state index contributed by atoms with van der Waals surface area (Å²) in [5.41, 5.74) is 0.958. The number of hydrogen-bond acceptors (Lipinski definition) is 5. The normalized spacial score (nSPS) is 15.1. The summed E-state index contributed by atoms with van der Waals surface area (Å²) in [5, 5.41) is 2.75. The molecule has 0 aromatic heterocycles. The third kappa shape index (κ3) is 4.18. The SMILES string of the molecule is O=C(Nc1ccc(Oc2ccccc2)cc1)c1cccc(N2C(=O)CCS2(=O)=O)c1. The number of ether oxygens (including phenoxy) is 1. The molecule has 0 atom stereocenters. The summed E-state index contributed by atoms with van der Waals surface area (Å²) < 4.78 is 30.7. The Bertz CT molecular complexity index is 1190. The first-order valence-corrected chi connectivity index (χ1v) is 10.8. The highest BCUT2D eigenvalue weighted by molar-refractivity contribution is 7.94. The van der Waals surface area contributed by atoms with E-state index in [9.17, 15) is 18.0 Å². The number of benzene rings is 3. The molecule has 1 saturated heterocycles. The van der Waals surface area contributed by atoms with Gasteiger partial charge in [0.2, 0.25) is 15.9 Å². The van der Waals surface area contributed by atoms with Crippen molar-refractivity contribution in [1.82, 2.24) is 0 Å². The lowest BCUT2D eigenvalue weighted by atomic mass is 10.1. The molecular formula is C22H18N2O5S. The molecule has 1 N–H and O–H groups in total. The average molecular weight is 422 g/mol. The number of nitrogens with zero attached hydrogens (tertiary/aromatic N) is 1. The summed E-state index contributed by atoms with van der Waals surface area (Å²) in [6.45, 7) is 0. The predicted molar refractivity (Wildman–Crippen MR) is 113 cm³/mol. The maximum Gasteiger partial charge on any atom is 0.255 e. The van der Waals surface area contributed by atoms with Crippen molar-refractivity contribution in [1.29, 1.82) is 0 Å². The first-order valence-electron chi connectivity index (χ1n) is 9.23. The minimum atomic E-state index is -3.68. The highest BCUT2D eigenvalue weighted by atomic mass is 32.2. The largest absolute Gasteiger partial charge is 0.457 e. The molecule has 3 aromatic carbocycles. The second-order valence-corrected chi connectivity index (χ2v) is 8.61. The molecule has 0 unspecified atom stereocenters. The van der Waals surface area contributed by atoms with Gasteiger partial charge in [-0.25, -0.2) is 12.7 Å². The fraction of sp³-hybridized carbons (Fsp3) is 0.0909. The van der Waals surface area contributed by atoms with E-state index >= 15 is 0 Å². The van der Waals surface area contributed by atoms with E-state index in [0.717, 1.165) is 4.31 Å². The van der Waals surface area contributed by atoms with Crippen LogP contribution in [-0.2, 0) is 14.8 Å². The lowest BCUT2D eigenvalue weighted by Gasteiger charge is -2.15. The van der Waals surface area contributed by atoms with Crippen LogP contribution in [0.5, 0.6) is 11.5 Å². The number of sulfonamides is 1. The van der Waals surface area contributed by atoms with Gasteiger partial charge in [0.15, 0.2) is 0 Å². The van der Waals surface area contributed by atoms with Crippen molar-refractivity contribution in [2.45, 2.75) is 6.42 Å². The summed E-state index contributed by atoms with van der Waals surface area (Å²) in [6, 6.07) is 22.2. The maximum atomic E-state index is 12.6. The molecule has 2 amide bonds. The fourth-order valence-electron chi connectivity index (χ4n) is 3.08. The second-order valence-electron chi connectivity index (χ2n) is 6.67. The molecule has 30 heavy (non-hydrogen) atoms. The van der Waals surface area contributed by atoms with Gasteiger partial charge < -0.3 is 10.1 Å². The predicted octanol–water partition coefficient (Wildman–Crippen LogP) is 3.80. The van der Waals surface area contributed by atoms with Crippen molar-refractivity contribution in [3.63, 3.8) is 0 Å². The lowest BCUT2D eigenvalue weighted by Crippen LogP contribution is -2.29. The van der Waals surface area contributed by atoms with Crippen LogP contribution in [0.15, 0.2) is 78.9 Å². The number of rotatable bonds is 5. The van der Waals surface area contributed by atoms with Gasteiger partial charge in [-0.05, 0) is 54.6 Å². The molecule has 0 radical (unpaired) electrons. The molecule has 4 rings (SSSR count). The molecule has 0 aliphatic carbocycles. The van der Waals surface area contributed by atoms with Crippen LogP contribution in [-0.4, -0.2) is 26.0 Å². The first kappa shape index (κ1) is 19.7. The highest BCUT2D eigenvalue weighted by Crippen LogP contribution is 2.27. The third-order valence-corrected chi connectivity index (χ3v) is 6.20. The second kappa shape index (κ2) is 8.00. The molecule has 7 nitrogen and oxygen atoms in total. The van der Waals surface area contributed by atoms with Crippen LogP contribution >= 0.6 is 0 Å². The Morgan fingerprint density at radius 2 is 1.60 bits per heavy atom. The topological polar surface area (TPSA) is 92.8 Å². The van der Waals surface area contributed by atoms with Crippen molar-refractivity contribution in [3.05, 3.63) is 84.4 Å². The molecule has 1 aliphatic rings. The fourth-order valence-corrected chi connectivity index (χ4v) is 4.53. The van der Waals surface area contributed by atoms with Crippen molar-refractivity contribution in [2.24, 2.45) is 0 Å². The molecule has 1 aliphatic heterocycles. The smallest absolute Gasteiger partial charge is 0.255 e. The van der Waals surface area contributed by atoms with E-state index in [1.165, 1.54) is 12.1 Å². The Kier molecular flexibility index (Phi) is 5.24. The van der Waals surface area contributed by atoms with E-state index in [4.69, 9.17) is 4.74 Å².